The molecule has 1 nitrogen and oxygen atoms in total. The highest BCUT2D eigenvalue weighted by Gasteiger charge is 2.31. The fourth-order valence-corrected chi connectivity index (χ4v) is 1.80. The molecule has 2 aromatic carbocycles. The summed E-state index contributed by atoms with van der Waals surface area (Å²) < 4.78 is 53.8. The molecule has 0 aromatic heterocycles. The maximum atomic E-state index is 13.4. The summed E-state index contributed by atoms with van der Waals surface area (Å²) in [4.78, 5) is 0. The van der Waals surface area contributed by atoms with Crippen LogP contribution in [0, 0.1) is 5.82 Å². The van der Waals surface area contributed by atoms with Crippen molar-refractivity contribution in [1.29, 1.82) is 0 Å². The third kappa shape index (κ3) is 3.70. The van der Waals surface area contributed by atoms with Crippen LogP contribution >= 0.6 is 15.9 Å². The summed E-state index contributed by atoms with van der Waals surface area (Å²) in [5.41, 5.74) is 0.904. The van der Waals surface area contributed by atoms with Crippen LogP contribution in [-0.2, 0) is 0 Å². The lowest BCUT2D eigenvalue weighted by Gasteiger charge is -2.10. The first-order valence-electron chi connectivity index (χ1n) is 5.16. The van der Waals surface area contributed by atoms with Crippen molar-refractivity contribution in [2.75, 3.05) is 0 Å². The smallest absolute Gasteiger partial charge is 0.406 e. The summed E-state index contributed by atoms with van der Waals surface area (Å²) in [5.74, 6) is -0.826. The minimum atomic E-state index is -4.75. The SMILES string of the molecule is Fc1cc(-c2cccc(OC(F)(F)F)c2)ccc1Br. The van der Waals surface area contributed by atoms with Gasteiger partial charge in [-0.3, -0.25) is 0 Å². The normalized spacial score (nSPS) is 11.4. The summed E-state index contributed by atoms with van der Waals surface area (Å²) in [5, 5.41) is 0. The van der Waals surface area contributed by atoms with Gasteiger partial charge in [-0.15, -0.1) is 13.2 Å². The maximum Gasteiger partial charge on any atom is 0.573 e. The molecule has 0 radical (unpaired) electrons. The first-order chi connectivity index (χ1) is 8.85. The van der Waals surface area contributed by atoms with E-state index in [4.69, 9.17) is 0 Å². The molecule has 0 bridgehead atoms. The van der Waals surface area contributed by atoms with Gasteiger partial charge in [-0.1, -0.05) is 18.2 Å². The molecule has 0 amide bonds. The molecular formula is C13H7BrF4O. The molecule has 0 spiro atoms. The van der Waals surface area contributed by atoms with E-state index in [-0.39, 0.29) is 5.75 Å². The van der Waals surface area contributed by atoms with E-state index in [0.29, 0.717) is 15.6 Å². The van der Waals surface area contributed by atoms with E-state index in [9.17, 15) is 17.6 Å². The summed E-state index contributed by atoms with van der Waals surface area (Å²) in [6.45, 7) is 0. The lowest BCUT2D eigenvalue weighted by molar-refractivity contribution is -0.274. The van der Waals surface area contributed by atoms with Gasteiger partial charge in [0.25, 0.3) is 0 Å². The van der Waals surface area contributed by atoms with E-state index in [1.54, 1.807) is 12.1 Å². The highest BCUT2D eigenvalue weighted by molar-refractivity contribution is 9.10. The van der Waals surface area contributed by atoms with Gasteiger partial charge in [-0.2, -0.15) is 0 Å². The summed E-state index contributed by atoms with van der Waals surface area (Å²) in [6, 6.07) is 9.70. The molecule has 19 heavy (non-hydrogen) atoms. The number of halogens is 5. The number of ether oxygens (including phenoxy) is 1. The second-order valence-corrected chi connectivity index (χ2v) is 4.56. The monoisotopic (exact) mass is 334 g/mol. The zero-order valence-corrected chi connectivity index (χ0v) is 10.9. The molecule has 2 rings (SSSR count). The molecule has 6 heteroatoms. The predicted molar refractivity (Wildman–Crippen MR) is 66.2 cm³/mol. The number of alkyl halides is 3. The zero-order valence-electron chi connectivity index (χ0n) is 9.34. The van der Waals surface area contributed by atoms with E-state index in [1.807, 2.05) is 0 Å². The average molecular weight is 335 g/mol. The summed E-state index contributed by atoms with van der Waals surface area (Å²) in [7, 11) is 0. The topological polar surface area (TPSA) is 9.23 Å². The maximum absolute atomic E-state index is 13.4. The Morgan fingerprint density at radius 3 is 2.26 bits per heavy atom. The highest BCUT2D eigenvalue weighted by atomic mass is 79.9. The molecule has 0 aliphatic heterocycles. The van der Waals surface area contributed by atoms with E-state index >= 15 is 0 Å². The van der Waals surface area contributed by atoms with Crippen LogP contribution < -0.4 is 4.74 Å². The third-order valence-corrected chi connectivity index (χ3v) is 2.96. The van der Waals surface area contributed by atoms with Crippen LogP contribution in [0.25, 0.3) is 11.1 Å². The quantitative estimate of drug-likeness (QED) is 0.690. The number of hydrogen-bond acceptors (Lipinski definition) is 1. The molecule has 0 saturated carbocycles. The van der Waals surface area contributed by atoms with Gasteiger partial charge in [0.15, 0.2) is 0 Å². The van der Waals surface area contributed by atoms with E-state index in [2.05, 4.69) is 20.7 Å². The van der Waals surface area contributed by atoms with Crippen molar-refractivity contribution in [1.82, 2.24) is 0 Å². The van der Waals surface area contributed by atoms with E-state index in [0.717, 1.165) is 0 Å². The van der Waals surface area contributed by atoms with Crippen LogP contribution in [-0.4, -0.2) is 6.36 Å². The van der Waals surface area contributed by atoms with Gasteiger partial charge in [-0.25, -0.2) is 4.39 Å². The Bertz CT molecular complexity index is 595. The Kier molecular flexibility index (Phi) is 3.80. The predicted octanol–water partition coefficient (Wildman–Crippen LogP) is 5.15. The van der Waals surface area contributed by atoms with E-state index in [1.165, 1.54) is 30.3 Å². The second kappa shape index (κ2) is 5.21. The van der Waals surface area contributed by atoms with Crippen LogP contribution in [0.5, 0.6) is 5.75 Å². The van der Waals surface area contributed by atoms with Crippen molar-refractivity contribution >= 4 is 15.9 Å². The van der Waals surface area contributed by atoms with Crippen LogP contribution in [0.4, 0.5) is 17.6 Å². The molecule has 0 N–H and O–H groups in total. The van der Waals surface area contributed by atoms with Gasteiger partial charge >= 0.3 is 6.36 Å². The fourth-order valence-electron chi connectivity index (χ4n) is 1.55. The lowest BCUT2D eigenvalue weighted by Crippen LogP contribution is -2.17. The zero-order chi connectivity index (χ0) is 14.0. The molecular weight excluding hydrogens is 328 g/mol. The van der Waals surface area contributed by atoms with Gasteiger partial charge in [0.05, 0.1) is 4.47 Å². The van der Waals surface area contributed by atoms with Crippen molar-refractivity contribution in [3.8, 4) is 16.9 Å². The largest absolute Gasteiger partial charge is 0.573 e. The fraction of sp³-hybridized carbons (Fsp3) is 0.0769. The highest BCUT2D eigenvalue weighted by Crippen LogP contribution is 2.29. The van der Waals surface area contributed by atoms with Gasteiger partial charge in [-0.05, 0) is 51.3 Å². The second-order valence-electron chi connectivity index (χ2n) is 3.70. The molecule has 0 atom stereocenters. The Morgan fingerprint density at radius 2 is 1.63 bits per heavy atom. The molecule has 0 aliphatic rings. The number of hydrogen-bond donors (Lipinski definition) is 0. The van der Waals surface area contributed by atoms with Crippen LogP contribution in [0.3, 0.4) is 0 Å². The van der Waals surface area contributed by atoms with Crippen LogP contribution in [0.2, 0.25) is 0 Å². The van der Waals surface area contributed by atoms with Gasteiger partial charge in [0.2, 0.25) is 0 Å². The average Bonchev–Trinajstić information content (AvgIpc) is 2.31. The van der Waals surface area contributed by atoms with Gasteiger partial charge in [0, 0.05) is 0 Å². The lowest BCUT2D eigenvalue weighted by atomic mass is 10.1. The Morgan fingerprint density at radius 1 is 0.947 bits per heavy atom. The standard InChI is InChI=1S/C13H7BrF4O/c14-11-5-4-9(7-12(11)15)8-2-1-3-10(6-8)19-13(16,17)18/h1-7H. The Labute approximate surface area is 114 Å². The molecule has 100 valence electrons. The molecule has 0 fully saturated rings. The molecule has 0 unspecified atom stereocenters. The first kappa shape index (κ1) is 13.9. The molecule has 0 aliphatic carbocycles. The van der Waals surface area contributed by atoms with Crippen LogP contribution in [0.15, 0.2) is 46.9 Å². The number of benzene rings is 2. The van der Waals surface area contributed by atoms with Gasteiger partial charge < -0.3 is 4.74 Å². The Hall–Kier alpha value is -1.56. The third-order valence-electron chi connectivity index (χ3n) is 2.32. The first-order valence-corrected chi connectivity index (χ1v) is 5.96. The van der Waals surface area contributed by atoms with Crippen molar-refractivity contribution < 1.29 is 22.3 Å². The van der Waals surface area contributed by atoms with E-state index < -0.39 is 12.2 Å². The van der Waals surface area contributed by atoms with Crippen molar-refractivity contribution in [2.24, 2.45) is 0 Å². The summed E-state index contributed by atoms with van der Waals surface area (Å²) in [6.07, 6.45) is -4.75. The molecule has 2 aromatic rings. The Balaban J connectivity index is 2.35. The summed E-state index contributed by atoms with van der Waals surface area (Å²) >= 11 is 3.01. The minimum absolute atomic E-state index is 0.291. The minimum Gasteiger partial charge on any atom is -0.406 e. The molecule has 0 saturated heterocycles. The van der Waals surface area contributed by atoms with Crippen LogP contribution in [0.1, 0.15) is 0 Å². The molecule has 0 heterocycles. The number of rotatable bonds is 2. The van der Waals surface area contributed by atoms with Gasteiger partial charge in [0.1, 0.15) is 11.6 Å². The van der Waals surface area contributed by atoms with Crippen molar-refractivity contribution in [2.45, 2.75) is 6.36 Å². The van der Waals surface area contributed by atoms with Crippen molar-refractivity contribution in [3.63, 3.8) is 0 Å². The van der Waals surface area contributed by atoms with Crippen molar-refractivity contribution in [3.05, 3.63) is 52.8 Å².